The fourth-order valence-electron chi connectivity index (χ4n) is 2.10. The summed E-state index contributed by atoms with van der Waals surface area (Å²) in [5.74, 6) is 0.102. The van der Waals surface area contributed by atoms with Gasteiger partial charge in [-0.1, -0.05) is 26.8 Å². The average molecular weight is 269 g/mol. The van der Waals surface area contributed by atoms with E-state index in [9.17, 15) is 4.79 Å². The van der Waals surface area contributed by atoms with E-state index in [4.69, 9.17) is 4.43 Å². The van der Waals surface area contributed by atoms with E-state index in [0.717, 1.165) is 6.42 Å². The normalized spacial score (nSPS) is 26.2. The number of hydrogen-bond acceptors (Lipinski definition) is 2. The Bertz CT molecular complexity index is 331. The Labute approximate surface area is 112 Å². The van der Waals surface area contributed by atoms with E-state index in [2.05, 4.69) is 45.8 Å². The van der Waals surface area contributed by atoms with Gasteiger partial charge in [-0.3, -0.25) is 4.79 Å². The van der Waals surface area contributed by atoms with E-state index < -0.39 is 8.32 Å². The number of carbonyl (C=O) groups excluding carboxylic acids is 1. The van der Waals surface area contributed by atoms with Gasteiger partial charge in [0.2, 0.25) is 5.91 Å². The van der Waals surface area contributed by atoms with Gasteiger partial charge in [0.1, 0.15) is 0 Å². The molecular formula is C14H27NO2Si. The second-order valence-corrected chi connectivity index (χ2v) is 11.5. The summed E-state index contributed by atoms with van der Waals surface area (Å²) < 4.78 is 6.30. The Hall–Kier alpha value is -0.613. The molecule has 1 aliphatic heterocycles. The summed E-state index contributed by atoms with van der Waals surface area (Å²) in [7, 11) is -1.80. The summed E-state index contributed by atoms with van der Waals surface area (Å²) in [4.78, 5) is 11.7. The van der Waals surface area contributed by atoms with Crippen LogP contribution in [0.4, 0.5) is 0 Å². The molecule has 104 valence electrons. The van der Waals surface area contributed by atoms with Crippen LogP contribution in [0.3, 0.4) is 0 Å². The Morgan fingerprint density at radius 2 is 2.06 bits per heavy atom. The molecule has 3 nitrogen and oxygen atoms in total. The van der Waals surface area contributed by atoms with Gasteiger partial charge >= 0.3 is 0 Å². The topological polar surface area (TPSA) is 38.3 Å². The largest absolute Gasteiger partial charge is 0.413 e. The number of carbonyl (C=O) groups is 1. The van der Waals surface area contributed by atoms with Crippen molar-refractivity contribution < 1.29 is 9.22 Å². The van der Waals surface area contributed by atoms with Crippen molar-refractivity contribution in [3.63, 3.8) is 0 Å². The summed E-state index contributed by atoms with van der Waals surface area (Å²) in [6.07, 6.45) is 2.67. The number of rotatable bonds is 5. The first-order chi connectivity index (χ1) is 8.10. The Balaban J connectivity index is 2.68. The number of nitrogens with one attached hydrogen (secondary N) is 1. The van der Waals surface area contributed by atoms with Crippen molar-refractivity contribution in [2.75, 3.05) is 0 Å². The summed E-state index contributed by atoms with van der Waals surface area (Å²) in [6, 6.07) is 0.203. The van der Waals surface area contributed by atoms with Gasteiger partial charge in [0.15, 0.2) is 8.32 Å². The molecule has 0 aromatic rings. The van der Waals surface area contributed by atoms with Crippen LogP contribution in [0.5, 0.6) is 0 Å². The monoisotopic (exact) mass is 269 g/mol. The van der Waals surface area contributed by atoms with E-state index in [0.29, 0.717) is 0 Å². The van der Waals surface area contributed by atoms with Crippen molar-refractivity contribution in [3.8, 4) is 0 Å². The molecule has 1 amide bonds. The molecule has 0 aromatic carbocycles. The maximum atomic E-state index is 11.7. The molecule has 1 heterocycles. The van der Waals surface area contributed by atoms with E-state index in [1.807, 2.05) is 13.0 Å². The van der Waals surface area contributed by atoms with Gasteiger partial charge < -0.3 is 9.74 Å². The summed E-state index contributed by atoms with van der Waals surface area (Å²) >= 11 is 0. The molecule has 2 unspecified atom stereocenters. The predicted octanol–water partition coefficient (Wildman–Crippen LogP) is 3.09. The van der Waals surface area contributed by atoms with Crippen LogP contribution in [0.1, 0.15) is 34.1 Å². The first-order valence-electron chi connectivity index (χ1n) is 6.69. The van der Waals surface area contributed by atoms with Gasteiger partial charge in [0.25, 0.3) is 0 Å². The lowest BCUT2D eigenvalue weighted by molar-refractivity contribution is -0.139. The second kappa shape index (κ2) is 5.17. The molecule has 0 aromatic heterocycles. The fraction of sp³-hybridized carbons (Fsp3) is 0.786. The third-order valence-corrected chi connectivity index (χ3v) is 8.85. The average Bonchev–Trinajstić information content (AvgIpc) is 2.13. The summed E-state index contributed by atoms with van der Waals surface area (Å²) in [5, 5.41) is 3.10. The summed E-state index contributed by atoms with van der Waals surface area (Å²) in [5.41, 5.74) is 0. The molecule has 0 aliphatic carbocycles. The second-order valence-electron chi connectivity index (χ2n) is 6.75. The molecular weight excluding hydrogens is 242 g/mol. The quantitative estimate of drug-likeness (QED) is 0.473. The highest BCUT2D eigenvalue weighted by atomic mass is 28.4. The molecule has 18 heavy (non-hydrogen) atoms. The van der Waals surface area contributed by atoms with E-state index in [-0.39, 0.29) is 29.0 Å². The van der Waals surface area contributed by atoms with E-state index in [1.54, 1.807) is 0 Å². The van der Waals surface area contributed by atoms with Crippen molar-refractivity contribution in [1.29, 1.82) is 0 Å². The molecule has 1 N–H and O–H groups in total. The van der Waals surface area contributed by atoms with Crippen molar-refractivity contribution in [3.05, 3.63) is 12.7 Å². The Morgan fingerprint density at radius 1 is 1.50 bits per heavy atom. The van der Waals surface area contributed by atoms with Crippen molar-refractivity contribution >= 4 is 14.2 Å². The Kier molecular flexibility index (Phi) is 4.44. The lowest BCUT2D eigenvalue weighted by atomic mass is 9.84. The highest BCUT2D eigenvalue weighted by Crippen LogP contribution is 2.39. The molecule has 0 saturated carbocycles. The van der Waals surface area contributed by atoms with Gasteiger partial charge in [-0.15, -0.1) is 6.58 Å². The minimum Gasteiger partial charge on any atom is -0.413 e. The van der Waals surface area contributed by atoms with Crippen molar-refractivity contribution in [2.45, 2.75) is 64.4 Å². The van der Waals surface area contributed by atoms with Crippen LogP contribution in [0.25, 0.3) is 0 Å². The SMILES string of the molecule is C=CCC1NC(=O)C1[C@@H](C)O[Si](C)(C)C(C)(C)C. The molecule has 0 radical (unpaired) electrons. The number of hydrogen-bond donors (Lipinski definition) is 1. The van der Waals surface area contributed by atoms with Crippen LogP contribution in [-0.2, 0) is 9.22 Å². The van der Waals surface area contributed by atoms with Gasteiger partial charge in [0.05, 0.1) is 12.0 Å². The zero-order valence-corrected chi connectivity index (χ0v) is 13.5. The maximum Gasteiger partial charge on any atom is 0.228 e. The molecule has 0 bridgehead atoms. The first-order valence-corrected chi connectivity index (χ1v) is 9.60. The van der Waals surface area contributed by atoms with Crippen LogP contribution in [0.15, 0.2) is 12.7 Å². The van der Waals surface area contributed by atoms with Crippen molar-refractivity contribution in [2.24, 2.45) is 5.92 Å². The highest BCUT2D eigenvalue weighted by Gasteiger charge is 2.46. The maximum absolute atomic E-state index is 11.7. The van der Waals surface area contributed by atoms with E-state index in [1.165, 1.54) is 0 Å². The lowest BCUT2D eigenvalue weighted by Gasteiger charge is -2.45. The van der Waals surface area contributed by atoms with Crippen molar-refractivity contribution in [1.82, 2.24) is 5.32 Å². The molecule has 1 aliphatic rings. The van der Waals surface area contributed by atoms with Crippen LogP contribution < -0.4 is 5.32 Å². The minimum absolute atomic E-state index is 0.00964. The molecule has 1 rings (SSSR count). The molecule has 3 atom stereocenters. The molecule has 0 spiro atoms. The zero-order chi connectivity index (χ0) is 14.1. The molecule has 1 fully saturated rings. The van der Waals surface area contributed by atoms with Crippen LogP contribution in [-0.4, -0.2) is 26.4 Å². The van der Waals surface area contributed by atoms with Gasteiger partial charge in [-0.05, 0) is 31.5 Å². The third kappa shape index (κ3) is 3.04. The van der Waals surface area contributed by atoms with Gasteiger partial charge in [-0.2, -0.15) is 0 Å². The minimum atomic E-state index is -1.80. The standard InChI is InChI=1S/C14H27NO2Si/c1-8-9-11-12(13(16)15-11)10(2)17-18(6,7)14(3,4)5/h8,10-12H,1,9H2,2-7H3,(H,15,16)/t10-,11?,12?/m1/s1. The van der Waals surface area contributed by atoms with Crippen LogP contribution >= 0.6 is 0 Å². The summed E-state index contributed by atoms with van der Waals surface area (Å²) in [6.45, 7) is 16.9. The highest BCUT2D eigenvalue weighted by molar-refractivity contribution is 6.74. The predicted molar refractivity (Wildman–Crippen MR) is 78.0 cm³/mol. The van der Waals surface area contributed by atoms with Crippen LogP contribution in [0, 0.1) is 5.92 Å². The van der Waals surface area contributed by atoms with Gasteiger partial charge in [0, 0.05) is 6.04 Å². The number of β-lactam (4-membered cyclic amide) rings is 1. The lowest BCUT2D eigenvalue weighted by Crippen LogP contribution is -2.63. The van der Waals surface area contributed by atoms with E-state index >= 15 is 0 Å². The molecule has 1 saturated heterocycles. The smallest absolute Gasteiger partial charge is 0.228 e. The fourth-order valence-corrected chi connectivity index (χ4v) is 3.53. The van der Waals surface area contributed by atoms with Gasteiger partial charge in [-0.25, -0.2) is 0 Å². The third-order valence-electron chi connectivity index (χ3n) is 4.28. The van der Waals surface area contributed by atoms with Crippen LogP contribution in [0.2, 0.25) is 18.1 Å². The zero-order valence-electron chi connectivity index (χ0n) is 12.5. The Morgan fingerprint density at radius 3 is 2.44 bits per heavy atom. The molecule has 4 heteroatoms. The first kappa shape index (κ1) is 15.4. The number of amides is 1.